The number of halogens is 1. The number of carbonyl (C=O) groups is 1. The second-order valence-corrected chi connectivity index (χ2v) is 11.9. The van der Waals surface area contributed by atoms with Crippen molar-refractivity contribution in [3.63, 3.8) is 0 Å². The van der Waals surface area contributed by atoms with E-state index in [9.17, 15) is 4.79 Å². The summed E-state index contributed by atoms with van der Waals surface area (Å²) in [5, 5.41) is 7.18. The summed E-state index contributed by atoms with van der Waals surface area (Å²) >= 11 is 6.13. The highest BCUT2D eigenvalue weighted by Gasteiger charge is 2.44. The summed E-state index contributed by atoms with van der Waals surface area (Å²) in [5.74, 6) is 1.61. The van der Waals surface area contributed by atoms with Gasteiger partial charge in [-0.3, -0.25) is 4.79 Å². The van der Waals surface area contributed by atoms with Gasteiger partial charge in [-0.15, -0.1) is 0 Å². The van der Waals surface area contributed by atoms with E-state index in [1.165, 1.54) is 24.1 Å². The third-order valence-corrected chi connectivity index (χ3v) is 8.61. The summed E-state index contributed by atoms with van der Waals surface area (Å²) in [6.45, 7) is 4.71. The standard InChI is InChI=1S/C31H34ClN7O/c1-37-9-11-38(12-10-37)28-14-22(20-5-6-20)18-39-19-25(35-30(28)39)17-34-29-15-24(7-8-33-29)36-31(40)27-16-26(27)21-3-2-4-23(32)13-21/h2-4,7-8,13-15,18-20,26-27H,5-6,9-12,16-17H2,1H3,(H2,33,34,36,40)/t26-,27+/m1/s1. The molecule has 4 heterocycles. The molecule has 2 atom stereocenters. The number of nitrogens with zero attached hydrogens (tertiary/aromatic N) is 5. The molecule has 2 N–H and O–H groups in total. The van der Waals surface area contributed by atoms with Gasteiger partial charge in [0, 0.05) is 67.5 Å². The zero-order chi connectivity index (χ0) is 27.2. The fourth-order valence-corrected chi connectivity index (χ4v) is 5.97. The van der Waals surface area contributed by atoms with Crippen LogP contribution in [-0.4, -0.2) is 58.4 Å². The Morgan fingerprint density at radius 1 is 1.05 bits per heavy atom. The quantitative estimate of drug-likeness (QED) is 0.304. The molecule has 1 aliphatic heterocycles. The number of nitrogens with one attached hydrogen (secondary N) is 2. The highest BCUT2D eigenvalue weighted by molar-refractivity contribution is 6.30. The van der Waals surface area contributed by atoms with Crippen LogP contribution >= 0.6 is 11.6 Å². The van der Waals surface area contributed by atoms with Crippen molar-refractivity contribution in [2.24, 2.45) is 5.92 Å². The predicted molar refractivity (Wildman–Crippen MR) is 159 cm³/mol. The van der Waals surface area contributed by atoms with E-state index in [4.69, 9.17) is 16.6 Å². The third-order valence-electron chi connectivity index (χ3n) is 8.38. The molecule has 1 amide bonds. The number of amides is 1. The van der Waals surface area contributed by atoms with E-state index in [0.717, 1.165) is 55.2 Å². The highest BCUT2D eigenvalue weighted by Crippen LogP contribution is 2.48. The lowest BCUT2D eigenvalue weighted by molar-refractivity contribution is -0.117. The van der Waals surface area contributed by atoms with Crippen LogP contribution in [0.2, 0.25) is 5.02 Å². The molecular formula is C31H34ClN7O. The molecule has 3 fully saturated rings. The Kier molecular flexibility index (Phi) is 6.60. The van der Waals surface area contributed by atoms with E-state index in [2.05, 4.69) is 55.3 Å². The Morgan fingerprint density at radius 3 is 2.70 bits per heavy atom. The van der Waals surface area contributed by atoms with Crippen molar-refractivity contribution in [2.75, 3.05) is 48.8 Å². The smallest absolute Gasteiger partial charge is 0.228 e. The molecule has 0 spiro atoms. The molecule has 3 aliphatic rings. The molecular weight excluding hydrogens is 522 g/mol. The van der Waals surface area contributed by atoms with Gasteiger partial charge in [0.15, 0.2) is 5.65 Å². The van der Waals surface area contributed by atoms with Gasteiger partial charge in [0.1, 0.15) is 5.82 Å². The van der Waals surface area contributed by atoms with Crippen molar-refractivity contribution in [3.8, 4) is 0 Å². The van der Waals surface area contributed by atoms with Gasteiger partial charge in [-0.05, 0) is 73.5 Å². The van der Waals surface area contributed by atoms with E-state index in [1.807, 2.05) is 36.4 Å². The average Bonchev–Trinajstić information content (AvgIpc) is 3.88. The van der Waals surface area contributed by atoms with Gasteiger partial charge in [0.25, 0.3) is 0 Å². The predicted octanol–water partition coefficient (Wildman–Crippen LogP) is 5.37. The van der Waals surface area contributed by atoms with E-state index in [0.29, 0.717) is 23.3 Å². The van der Waals surface area contributed by atoms with Crippen LogP contribution in [0.4, 0.5) is 17.2 Å². The van der Waals surface area contributed by atoms with Crippen LogP contribution in [0.5, 0.6) is 0 Å². The van der Waals surface area contributed by atoms with Crippen LogP contribution in [0.25, 0.3) is 5.65 Å². The topological polar surface area (TPSA) is 77.8 Å². The van der Waals surface area contributed by atoms with Gasteiger partial charge in [0.2, 0.25) is 5.91 Å². The minimum atomic E-state index is -0.0314. The lowest BCUT2D eigenvalue weighted by Crippen LogP contribution is -2.44. The monoisotopic (exact) mass is 555 g/mol. The first-order valence-electron chi connectivity index (χ1n) is 14.2. The second kappa shape index (κ2) is 10.4. The maximum Gasteiger partial charge on any atom is 0.228 e. The number of benzene rings is 1. The maximum absolute atomic E-state index is 12.9. The Hall–Kier alpha value is -3.62. The summed E-state index contributed by atoms with van der Waals surface area (Å²) in [6.07, 6.45) is 9.49. The van der Waals surface area contributed by atoms with E-state index < -0.39 is 0 Å². The number of aromatic nitrogens is 3. The average molecular weight is 556 g/mol. The Balaban J connectivity index is 1.03. The van der Waals surface area contributed by atoms with Crippen molar-refractivity contribution in [3.05, 3.63) is 82.9 Å². The number of likely N-dealkylation sites (N-methyl/N-ethyl adjacent to an activating group) is 1. The molecule has 0 bridgehead atoms. The molecule has 4 aromatic rings. The molecule has 8 nitrogen and oxygen atoms in total. The van der Waals surface area contributed by atoms with E-state index >= 15 is 0 Å². The minimum absolute atomic E-state index is 0.0314. The molecule has 1 saturated heterocycles. The van der Waals surface area contributed by atoms with Gasteiger partial charge in [-0.25, -0.2) is 9.97 Å². The fraction of sp³-hybridized carbons (Fsp3) is 0.387. The molecule has 0 radical (unpaired) electrons. The summed E-state index contributed by atoms with van der Waals surface area (Å²) < 4.78 is 2.20. The number of carbonyl (C=O) groups excluding carboxylic acids is 1. The Labute approximate surface area is 239 Å². The van der Waals surface area contributed by atoms with Gasteiger partial charge in [0.05, 0.1) is 17.9 Å². The van der Waals surface area contributed by atoms with Crippen LogP contribution in [0.3, 0.4) is 0 Å². The van der Waals surface area contributed by atoms with Crippen LogP contribution in [0.1, 0.15) is 47.9 Å². The Morgan fingerprint density at radius 2 is 1.90 bits per heavy atom. The number of imidazole rings is 1. The highest BCUT2D eigenvalue weighted by atomic mass is 35.5. The molecule has 9 heteroatoms. The molecule has 3 aromatic heterocycles. The van der Waals surface area contributed by atoms with Crippen molar-refractivity contribution in [1.29, 1.82) is 0 Å². The lowest BCUT2D eigenvalue weighted by atomic mass is 10.1. The summed E-state index contributed by atoms with van der Waals surface area (Å²) in [4.78, 5) is 27.2. The first-order chi connectivity index (χ1) is 19.5. The molecule has 2 saturated carbocycles. The van der Waals surface area contributed by atoms with Gasteiger partial charge >= 0.3 is 0 Å². The first-order valence-corrected chi connectivity index (χ1v) is 14.6. The van der Waals surface area contributed by atoms with Gasteiger partial charge in [-0.2, -0.15) is 0 Å². The summed E-state index contributed by atoms with van der Waals surface area (Å²) in [5.41, 5.74) is 6.48. The number of fused-ring (bicyclic) bond motifs is 1. The molecule has 206 valence electrons. The molecule has 7 rings (SSSR count). The minimum Gasteiger partial charge on any atom is -0.366 e. The van der Waals surface area contributed by atoms with Crippen molar-refractivity contribution in [1.82, 2.24) is 19.3 Å². The van der Waals surface area contributed by atoms with Crippen molar-refractivity contribution < 1.29 is 4.79 Å². The lowest BCUT2D eigenvalue weighted by Gasteiger charge is -2.34. The van der Waals surface area contributed by atoms with Gasteiger partial charge < -0.3 is 24.8 Å². The SMILES string of the molecule is CN1CCN(c2cc(C3CC3)cn3cc(CNc4cc(NC(=O)[C@H]5C[C@@H]5c5cccc(Cl)c5)ccn4)nc23)CC1. The van der Waals surface area contributed by atoms with Crippen LogP contribution in [0, 0.1) is 5.92 Å². The second-order valence-electron chi connectivity index (χ2n) is 11.5. The number of piperazine rings is 1. The summed E-state index contributed by atoms with van der Waals surface area (Å²) in [6, 6.07) is 13.9. The third kappa shape index (κ3) is 5.38. The number of hydrogen-bond acceptors (Lipinski definition) is 6. The molecule has 40 heavy (non-hydrogen) atoms. The number of hydrogen-bond donors (Lipinski definition) is 2. The molecule has 2 aliphatic carbocycles. The van der Waals surface area contributed by atoms with Crippen LogP contribution < -0.4 is 15.5 Å². The van der Waals surface area contributed by atoms with E-state index in [-0.39, 0.29) is 17.7 Å². The van der Waals surface area contributed by atoms with E-state index in [1.54, 1.807) is 6.20 Å². The zero-order valence-corrected chi connectivity index (χ0v) is 23.4. The molecule has 0 unspecified atom stereocenters. The fourth-order valence-electron chi connectivity index (χ4n) is 5.77. The summed E-state index contributed by atoms with van der Waals surface area (Å²) in [7, 11) is 2.19. The van der Waals surface area contributed by atoms with Crippen LogP contribution in [0.15, 0.2) is 61.1 Å². The first kappa shape index (κ1) is 25.4. The normalized spacial score (nSPS) is 21.0. The Bertz CT molecular complexity index is 1560. The number of pyridine rings is 2. The van der Waals surface area contributed by atoms with Crippen molar-refractivity contribution >= 4 is 40.3 Å². The zero-order valence-electron chi connectivity index (χ0n) is 22.7. The molecule has 1 aromatic carbocycles. The number of anilines is 3. The van der Waals surface area contributed by atoms with Gasteiger partial charge in [-0.1, -0.05) is 23.7 Å². The largest absolute Gasteiger partial charge is 0.366 e. The van der Waals surface area contributed by atoms with Crippen molar-refractivity contribution in [2.45, 2.75) is 37.6 Å². The maximum atomic E-state index is 12.9. The number of rotatable bonds is 8. The van der Waals surface area contributed by atoms with Crippen LogP contribution in [-0.2, 0) is 11.3 Å².